The largest absolute Gasteiger partial charge is 0.382 e. The van der Waals surface area contributed by atoms with Gasteiger partial charge in [-0.25, -0.2) is 0 Å². The Kier molecular flexibility index (Phi) is 6.86. The third-order valence-electron chi connectivity index (χ3n) is 4.71. The smallest absolute Gasteiger partial charge is 0.268 e. The molecule has 1 aliphatic carbocycles. The molecule has 23 heavy (non-hydrogen) atoms. The quantitative estimate of drug-likeness (QED) is 0.628. The minimum atomic E-state index is -1.18. The number of nitrogens with one attached hydrogen (secondary N) is 2. The fourth-order valence-corrected chi connectivity index (χ4v) is 3.15. The highest BCUT2D eigenvalue weighted by Gasteiger charge is 2.29. The second-order valence-corrected chi connectivity index (χ2v) is 6.61. The minimum absolute atomic E-state index is 0.218. The molecule has 0 aromatic heterocycles. The van der Waals surface area contributed by atoms with Crippen LogP contribution in [0.4, 0.5) is 5.69 Å². The van der Waals surface area contributed by atoms with Gasteiger partial charge >= 0.3 is 0 Å². The van der Waals surface area contributed by atoms with E-state index in [1.54, 1.807) is 0 Å². The molecule has 1 aliphatic rings. The number of aliphatic hydroxyl groups excluding tert-OH is 1. The Morgan fingerprint density at radius 1 is 1.13 bits per heavy atom. The van der Waals surface area contributed by atoms with E-state index in [0.29, 0.717) is 0 Å². The number of hydrazine groups is 1. The van der Waals surface area contributed by atoms with Gasteiger partial charge in [0.25, 0.3) is 5.91 Å². The molecule has 5 nitrogen and oxygen atoms in total. The zero-order chi connectivity index (χ0) is 16.7. The molecule has 1 aromatic carbocycles. The summed E-state index contributed by atoms with van der Waals surface area (Å²) in [6.07, 6.45) is 6.81. The average molecular weight is 319 g/mol. The van der Waals surface area contributed by atoms with E-state index in [2.05, 4.69) is 10.9 Å². The van der Waals surface area contributed by atoms with Crippen LogP contribution in [0.5, 0.6) is 0 Å². The van der Waals surface area contributed by atoms with Gasteiger partial charge in [0, 0.05) is 6.04 Å². The third kappa shape index (κ3) is 5.52. The summed E-state index contributed by atoms with van der Waals surface area (Å²) in [7, 11) is 0. The normalized spacial score (nSPS) is 19.3. The molecule has 5 N–H and O–H groups in total. The molecular formula is C18H29N3O2. The Labute approximate surface area is 138 Å². The lowest BCUT2D eigenvalue weighted by molar-refractivity contribution is -0.130. The van der Waals surface area contributed by atoms with Crippen molar-refractivity contribution in [1.29, 1.82) is 0 Å². The minimum Gasteiger partial charge on any atom is -0.382 e. The Hall–Kier alpha value is -1.59. The first-order valence-corrected chi connectivity index (χ1v) is 8.64. The fourth-order valence-electron chi connectivity index (χ4n) is 3.15. The summed E-state index contributed by atoms with van der Waals surface area (Å²) in [6, 6.07) is 7.14. The van der Waals surface area contributed by atoms with Gasteiger partial charge in [-0.1, -0.05) is 49.8 Å². The number of carbonyl (C=O) groups is 1. The lowest BCUT2D eigenvalue weighted by Gasteiger charge is -2.28. The molecule has 128 valence electrons. The first kappa shape index (κ1) is 17.8. The zero-order valence-corrected chi connectivity index (χ0v) is 13.9. The predicted molar refractivity (Wildman–Crippen MR) is 92.7 cm³/mol. The first-order valence-electron chi connectivity index (χ1n) is 8.64. The van der Waals surface area contributed by atoms with Gasteiger partial charge in [0.1, 0.15) is 6.10 Å². The van der Waals surface area contributed by atoms with Crippen LogP contribution in [0.1, 0.15) is 50.5 Å². The number of hydrogen-bond donors (Lipinski definition) is 4. The first-order chi connectivity index (χ1) is 11.1. The van der Waals surface area contributed by atoms with Crippen molar-refractivity contribution in [3.8, 4) is 0 Å². The summed E-state index contributed by atoms with van der Waals surface area (Å²) in [5.74, 6) is -0.254. The van der Waals surface area contributed by atoms with Crippen LogP contribution in [-0.4, -0.2) is 23.2 Å². The summed E-state index contributed by atoms with van der Waals surface area (Å²) in [5.41, 5.74) is 13.4. The molecule has 2 rings (SSSR count). The lowest BCUT2D eigenvalue weighted by atomic mass is 9.84. The second-order valence-electron chi connectivity index (χ2n) is 6.61. The predicted octanol–water partition coefficient (Wildman–Crippen LogP) is 2.49. The topological polar surface area (TPSA) is 87.4 Å². The van der Waals surface area contributed by atoms with Gasteiger partial charge in [0.05, 0.1) is 5.69 Å². The van der Waals surface area contributed by atoms with E-state index in [9.17, 15) is 9.90 Å². The molecule has 0 heterocycles. The summed E-state index contributed by atoms with van der Waals surface area (Å²) in [4.78, 5) is 12.1. The van der Waals surface area contributed by atoms with E-state index < -0.39 is 18.1 Å². The van der Waals surface area contributed by atoms with E-state index in [4.69, 9.17) is 5.73 Å². The van der Waals surface area contributed by atoms with Crippen LogP contribution in [0.15, 0.2) is 24.3 Å². The van der Waals surface area contributed by atoms with Crippen molar-refractivity contribution in [2.24, 2.45) is 11.7 Å². The number of benzene rings is 1. The molecule has 0 radical (unpaired) electrons. The Morgan fingerprint density at radius 3 is 2.30 bits per heavy atom. The van der Waals surface area contributed by atoms with Crippen molar-refractivity contribution in [2.75, 3.05) is 5.43 Å². The van der Waals surface area contributed by atoms with Crippen molar-refractivity contribution in [3.63, 3.8) is 0 Å². The van der Waals surface area contributed by atoms with Crippen molar-refractivity contribution in [3.05, 3.63) is 29.8 Å². The molecule has 1 saturated carbocycles. The van der Waals surface area contributed by atoms with Gasteiger partial charge in [-0.3, -0.25) is 15.6 Å². The highest BCUT2D eigenvalue weighted by Crippen LogP contribution is 2.25. The lowest BCUT2D eigenvalue weighted by Crippen LogP contribution is -2.51. The molecule has 1 amide bonds. The number of aliphatic hydroxyl groups is 1. The number of carbonyl (C=O) groups excluding carboxylic acids is 1. The van der Waals surface area contributed by atoms with Crippen LogP contribution in [0.25, 0.3) is 0 Å². The van der Waals surface area contributed by atoms with Crippen LogP contribution < -0.4 is 16.6 Å². The molecule has 2 atom stereocenters. The average Bonchev–Trinajstić information content (AvgIpc) is 2.52. The second kappa shape index (κ2) is 8.89. The Morgan fingerprint density at radius 2 is 1.70 bits per heavy atom. The van der Waals surface area contributed by atoms with E-state index >= 15 is 0 Å². The summed E-state index contributed by atoms with van der Waals surface area (Å²) < 4.78 is 0. The third-order valence-corrected chi connectivity index (χ3v) is 4.71. The van der Waals surface area contributed by atoms with Crippen LogP contribution in [0.2, 0.25) is 0 Å². The van der Waals surface area contributed by atoms with E-state index in [0.717, 1.165) is 36.9 Å². The van der Waals surface area contributed by atoms with Crippen molar-refractivity contribution in [1.82, 2.24) is 5.43 Å². The number of anilines is 1. The molecule has 0 spiro atoms. The zero-order valence-electron chi connectivity index (χ0n) is 13.9. The van der Waals surface area contributed by atoms with E-state index in [1.165, 1.54) is 19.3 Å². The molecule has 0 saturated heterocycles. The van der Waals surface area contributed by atoms with Gasteiger partial charge in [0.2, 0.25) is 0 Å². The molecule has 0 unspecified atom stereocenters. The maximum Gasteiger partial charge on any atom is 0.268 e. The monoisotopic (exact) mass is 319 g/mol. The molecule has 0 bridgehead atoms. The van der Waals surface area contributed by atoms with E-state index in [-0.39, 0.29) is 5.92 Å². The fraction of sp³-hybridized carbons (Fsp3) is 0.611. The van der Waals surface area contributed by atoms with Crippen LogP contribution in [0, 0.1) is 12.8 Å². The SMILES string of the molecule is Cc1ccc(NNC(=O)[C@@H](O)[C@H](N)C2CCCCCCC2)cc1. The summed E-state index contributed by atoms with van der Waals surface area (Å²) in [6.45, 7) is 2.00. The summed E-state index contributed by atoms with van der Waals surface area (Å²) >= 11 is 0. The van der Waals surface area contributed by atoms with Crippen molar-refractivity contribution in [2.45, 2.75) is 64.0 Å². The summed E-state index contributed by atoms with van der Waals surface area (Å²) in [5, 5.41) is 10.2. The molecule has 0 aliphatic heterocycles. The van der Waals surface area contributed by atoms with Gasteiger partial charge in [0.15, 0.2) is 0 Å². The number of aryl methyl sites for hydroxylation is 1. The van der Waals surface area contributed by atoms with Crippen LogP contribution in [0.3, 0.4) is 0 Å². The standard InChI is InChI=1S/C18H29N3O2/c1-13-9-11-15(12-10-13)20-21-18(23)17(22)16(19)14-7-5-3-2-4-6-8-14/h9-12,14,16-17,20,22H,2-8,19H2,1H3,(H,21,23)/t16-,17+/m1/s1. The molecular weight excluding hydrogens is 290 g/mol. The number of nitrogens with two attached hydrogens (primary N) is 1. The van der Waals surface area contributed by atoms with Gasteiger partial charge in [-0.2, -0.15) is 0 Å². The Balaban J connectivity index is 1.83. The van der Waals surface area contributed by atoms with E-state index in [1.807, 2.05) is 31.2 Å². The van der Waals surface area contributed by atoms with Crippen LogP contribution >= 0.6 is 0 Å². The highest BCUT2D eigenvalue weighted by molar-refractivity contribution is 5.82. The van der Waals surface area contributed by atoms with Gasteiger partial charge < -0.3 is 10.8 Å². The number of amides is 1. The number of hydrogen-bond acceptors (Lipinski definition) is 4. The van der Waals surface area contributed by atoms with Gasteiger partial charge in [-0.05, 0) is 37.8 Å². The molecule has 1 fully saturated rings. The molecule has 1 aromatic rings. The Bertz CT molecular complexity index is 482. The number of rotatable bonds is 5. The van der Waals surface area contributed by atoms with Crippen molar-refractivity contribution >= 4 is 11.6 Å². The molecule has 5 heteroatoms. The maximum atomic E-state index is 12.1. The van der Waals surface area contributed by atoms with Gasteiger partial charge in [-0.15, -0.1) is 0 Å². The maximum absolute atomic E-state index is 12.1. The highest BCUT2D eigenvalue weighted by atomic mass is 16.3. The van der Waals surface area contributed by atoms with Crippen LogP contribution in [-0.2, 0) is 4.79 Å². The van der Waals surface area contributed by atoms with Crippen molar-refractivity contribution < 1.29 is 9.90 Å².